The molecule has 0 spiro atoms. The largest absolute Gasteiger partial charge is 0.464 e. The minimum absolute atomic E-state index is 0.0568. The van der Waals surface area contributed by atoms with Crippen molar-refractivity contribution in [2.45, 2.75) is 44.7 Å². The van der Waals surface area contributed by atoms with Crippen LogP contribution in [0, 0.1) is 5.82 Å². The Balaban J connectivity index is 1.86. The molecule has 1 aliphatic carbocycles. The van der Waals surface area contributed by atoms with Crippen molar-refractivity contribution in [3.63, 3.8) is 0 Å². The number of halogens is 1. The summed E-state index contributed by atoms with van der Waals surface area (Å²) in [4.78, 5) is 30.6. The number of hydrogen-bond acceptors (Lipinski definition) is 5. The number of hydrogen-bond donors (Lipinski definition) is 0. The number of rotatable bonds is 5. The minimum atomic E-state index is -0.521. The van der Waals surface area contributed by atoms with Gasteiger partial charge in [0.1, 0.15) is 10.8 Å². The maximum atomic E-state index is 14.1. The van der Waals surface area contributed by atoms with Gasteiger partial charge in [0.25, 0.3) is 5.91 Å². The molecule has 1 aromatic carbocycles. The van der Waals surface area contributed by atoms with Gasteiger partial charge in [-0.05, 0) is 25.0 Å². The molecule has 3 rings (SSSR count). The van der Waals surface area contributed by atoms with Crippen LogP contribution in [-0.2, 0) is 11.3 Å². The van der Waals surface area contributed by atoms with Gasteiger partial charge in [-0.2, -0.15) is 0 Å². The molecule has 0 aliphatic heterocycles. The second-order valence-electron chi connectivity index (χ2n) is 6.32. The Morgan fingerprint density at radius 3 is 2.69 bits per heavy atom. The number of methoxy groups -OCH3 is 1. The first-order valence-electron chi connectivity index (χ1n) is 8.68. The Morgan fingerprint density at radius 2 is 2.00 bits per heavy atom. The molecule has 1 amide bonds. The van der Waals surface area contributed by atoms with E-state index in [2.05, 4.69) is 9.72 Å². The Morgan fingerprint density at radius 1 is 1.27 bits per heavy atom. The van der Waals surface area contributed by atoms with Gasteiger partial charge in [-0.15, -0.1) is 11.3 Å². The molecule has 138 valence electrons. The number of thiazole rings is 1. The van der Waals surface area contributed by atoms with Gasteiger partial charge < -0.3 is 9.64 Å². The lowest BCUT2D eigenvalue weighted by Gasteiger charge is -2.34. The van der Waals surface area contributed by atoms with Gasteiger partial charge >= 0.3 is 5.97 Å². The number of carbonyl (C=O) groups excluding carboxylic acids is 2. The molecule has 1 aliphatic rings. The van der Waals surface area contributed by atoms with Crippen molar-refractivity contribution in [1.82, 2.24) is 9.88 Å². The number of ether oxygens (including phenoxy) is 1. The number of benzene rings is 1. The smallest absolute Gasteiger partial charge is 0.357 e. The zero-order valence-corrected chi connectivity index (χ0v) is 15.4. The molecule has 0 saturated heterocycles. The third-order valence-electron chi connectivity index (χ3n) is 4.63. The molecule has 0 radical (unpaired) electrons. The average Bonchev–Trinajstić information content (AvgIpc) is 3.15. The number of carbonyl (C=O) groups is 2. The van der Waals surface area contributed by atoms with Gasteiger partial charge in [0.15, 0.2) is 5.69 Å². The number of aromatic nitrogens is 1. The van der Waals surface area contributed by atoms with E-state index in [0.29, 0.717) is 5.01 Å². The normalized spacial score (nSPS) is 14.8. The number of nitrogens with zero attached hydrogens (tertiary/aromatic N) is 2. The lowest BCUT2D eigenvalue weighted by atomic mass is 9.93. The maximum Gasteiger partial charge on any atom is 0.357 e. The van der Waals surface area contributed by atoms with Crippen molar-refractivity contribution in [3.8, 4) is 0 Å². The third kappa shape index (κ3) is 4.09. The minimum Gasteiger partial charge on any atom is -0.464 e. The monoisotopic (exact) mass is 376 g/mol. The fourth-order valence-electron chi connectivity index (χ4n) is 3.28. The zero-order valence-electron chi connectivity index (χ0n) is 14.6. The molecule has 0 atom stereocenters. The maximum absolute atomic E-state index is 14.1. The van der Waals surface area contributed by atoms with Crippen LogP contribution >= 0.6 is 11.3 Å². The molecular formula is C19H21FN2O3S. The van der Waals surface area contributed by atoms with E-state index in [4.69, 9.17) is 0 Å². The van der Waals surface area contributed by atoms with Crippen LogP contribution in [0.4, 0.5) is 4.39 Å². The first-order valence-corrected chi connectivity index (χ1v) is 9.56. The number of amides is 1. The molecular weight excluding hydrogens is 355 g/mol. The fraction of sp³-hybridized carbons (Fsp3) is 0.421. The summed E-state index contributed by atoms with van der Waals surface area (Å²) in [6.45, 7) is 0.263. The summed E-state index contributed by atoms with van der Waals surface area (Å²) < 4.78 is 18.8. The van der Waals surface area contributed by atoms with E-state index >= 15 is 0 Å². The van der Waals surface area contributed by atoms with Crippen LogP contribution in [-0.4, -0.2) is 34.9 Å². The van der Waals surface area contributed by atoms with Crippen LogP contribution in [0.2, 0.25) is 0 Å². The van der Waals surface area contributed by atoms with Crippen LogP contribution in [0.15, 0.2) is 29.6 Å². The van der Waals surface area contributed by atoms with Gasteiger partial charge in [0.05, 0.1) is 19.2 Å². The standard InChI is InChI=1S/C19H21FN2O3S/c1-25-19(24)16-12-26-17(21-16)11-22(13-7-3-2-4-8-13)18(23)14-9-5-6-10-15(14)20/h5-6,9-10,12-13H,2-4,7-8,11H2,1H3. The van der Waals surface area contributed by atoms with Gasteiger partial charge in [-0.1, -0.05) is 31.4 Å². The van der Waals surface area contributed by atoms with Gasteiger partial charge in [-0.25, -0.2) is 14.2 Å². The summed E-state index contributed by atoms with van der Waals surface area (Å²) in [7, 11) is 1.30. The zero-order chi connectivity index (χ0) is 18.5. The second kappa shape index (κ2) is 8.40. The van der Waals surface area contributed by atoms with Crippen molar-refractivity contribution in [2.24, 2.45) is 0 Å². The summed E-state index contributed by atoms with van der Waals surface area (Å²) in [6, 6.07) is 6.09. The molecule has 1 heterocycles. The van der Waals surface area contributed by atoms with E-state index in [1.54, 1.807) is 22.4 Å². The Bertz CT molecular complexity index is 787. The molecule has 2 aromatic rings. The number of esters is 1. The predicted octanol–water partition coefficient (Wildman–Crippen LogP) is 4.04. The highest BCUT2D eigenvalue weighted by atomic mass is 32.1. The van der Waals surface area contributed by atoms with Crippen molar-refractivity contribution in [2.75, 3.05) is 7.11 Å². The van der Waals surface area contributed by atoms with Gasteiger partial charge in [0, 0.05) is 11.4 Å². The Kier molecular flexibility index (Phi) is 5.98. The highest BCUT2D eigenvalue weighted by Crippen LogP contribution is 2.27. The first kappa shape index (κ1) is 18.5. The van der Waals surface area contributed by atoms with Crippen LogP contribution in [0.3, 0.4) is 0 Å². The molecule has 7 heteroatoms. The molecule has 1 saturated carbocycles. The van der Waals surface area contributed by atoms with Crippen LogP contribution in [0.1, 0.15) is 58.0 Å². The predicted molar refractivity (Wildman–Crippen MR) is 96.6 cm³/mol. The lowest BCUT2D eigenvalue weighted by molar-refractivity contribution is 0.0594. The Labute approximate surface area is 155 Å². The molecule has 5 nitrogen and oxygen atoms in total. The summed E-state index contributed by atoms with van der Waals surface area (Å²) in [5.74, 6) is -1.35. The van der Waals surface area contributed by atoms with E-state index in [-0.39, 0.29) is 29.8 Å². The van der Waals surface area contributed by atoms with Crippen LogP contribution in [0.25, 0.3) is 0 Å². The summed E-state index contributed by atoms with van der Waals surface area (Å²) in [5.41, 5.74) is 0.303. The van der Waals surface area contributed by atoms with Crippen LogP contribution in [0.5, 0.6) is 0 Å². The van der Waals surface area contributed by atoms with Crippen LogP contribution < -0.4 is 0 Å². The summed E-state index contributed by atoms with van der Waals surface area (Å²) >= 11 is 1.30. The molecule has 1 aromatic heterocycles. The highest BCUT2D eigenvalue weighted by molar-refractivity contribution is 7.09. The molecule has 1 fully saturated rings. The molecule has 0 bridgehead atoms. The lowest BCUT2D eigenvalue weighted by Crippen LogP contribution is -2.41. The fourth-order valence-corrected chi connectivity index (χ4v) is 4.04. The summed E-state index contributed by atoms with van der Waals surface area (Å²) in [5, 5.41) is 2.26. The second-order valence-corrected chi connectivity index (χ2v) is 7.27. The highest BCUT2D eigenvalue weighted by Gasteiger charge is 2.29. The quantitative estimate of drug-likeness (QED) is 0.739. The first-order chi connectivity index (χ1) is 12.6. The van der Waals surface area contributed by atoms with Crippen molar-refractivity contribution in [1.29, 1.82) is 0 Å². The van der Waals surface area contributed by atoms with E-state index < -0.39 is 11.8 Å². The average molecular weight is 376 g/mol. The van der Waals surface area contributed by atoms with Gasteiger partial charge in [0.2, 0.25) is 0 Å². The topological polar surface area (TPSA) is 59.5 Å². The summed E-state index contributed by atoms with van der Waals surface area (Å²) in [6.07, 6.45) is 5.06. The van der Waals surface area contributed by atoms with E-state index in [0.717, 1.165) is 32.1 Å². The third-order valence-corrected chi connectivity index (χ3v) is 5.47. The SMILES string of the molecule is COC(=O)c1csc(CN(C(=O)c2ccccc2F)C2CCCCC2)n1. The van der Waals surface area contributed by atoms with Crippen molar-refractivity contribution in [3.05, 3.63) is 51.7 Å². The van der Waals surface area contributed by atoms with E-state index in [1.165, 1.54) is 30.6 Å². The van der Waals surface area contributed by atoms with E-state index in [1.807, 2.05) is 0 Å². The molecule has 0 unspecified atom stereocenters. The molecule has 26 heavy (non-hydrogen) atoms. The van der Waals surface area contributed by atoms with E-state index in [9.17, 15) is 14.0 Å². The Hall–Kier alpha value is -2.28. The molecule has 0 N–H and O–H groups in total. The van der Waals surface area contributed by atoms with Crippen molar-refractivity contribution >= 4 is 23.2 Å². The van der Waals surface area contributed by atoms with Crippen molar-refractivity contribution < 1.29 is 18.7 Å². The van der Waals surface area contributed by atoms with Gasteiger partial charge in [-0.3, -0.25) is 4.79 Å².